The van der Waals surface area contributed by atoms with Crippen molar-refractivity contribution in [2.24, 2.45) is 17.8 Å². The fourth-order valence-corrected chi connectivity index (χ4v) is 4.31. The number of nitrogens with one attached hydrogen (secondary N) is 2. The van der Waals surface area contributed by atoms with E-state index in [1.54, 1.807) is 12.1 Å². The average Bonchev–Trinajstić information content (AvgIpc) is 3.00. The van der Waals surface area contributed by atoms with Gasteiger partial charge in [-0.05, 0) is 42.9 Å². The molecule has 3 rings (SSSR count). The zero-order valence-electron chi connectivity index (χ0n) is 18.5. The van der Waals surface area contributed by atoms with Gasteiger partial charge in [-0.3, -0.25) is 24.1 Å². The van der Waals surface area contributed by atoms with Crippen molar-refractivity contribution >= 4 is 23.6 Å². The molecule has 8 heteroatoms. The first-order valence-electron chi connectivity index (χ1n) is 11.1. The standard InChI is InChI=1S/C24H30FN3O4/c1-15(2)12-20(28-23(31)18-8-3-4-9-19(18)24(28)32)22(30)27-11-10-26-21(29)14-16-6-5-7-17(25)13-16/h3-7,13,15,18-20H,8-12,14H2,1-2H3,(H,26,29)(H,27,30). The Hall–Kier alpha value is -3.03. The number of likely N-dealkylation sites (tertiary alicyclic amines) is 1. The molecule has 3 atom stereocenters. The molecule has 0 bridgehead atoms. The number of fused-ring (bicyclic) bond motifs is 1. The largest absolute Gasteiger partial charge is 0.354 e. The van der Waals surface area contributed by atoms with Gasteiger partial charge < -0.3 is 10.6 Å². The van der Waals surface area contributed by atoms with Crippen molar-refractivity contribution in [2.45, 2.75) is 45.6 Å². The van der Waals surface area contributed by atoms with Crippen molar-refractivity contribution in [1.82, 2.24) is 15.5 Å². The molecule has 172 valence electrons. The van der Waals surface area contributed by atoms with Crippen molar-refractivity contribution in [3.63, 3.8) is 0 Å². The number of allylic oxidation sites excluding steroid dienone is 2. The SMILES string of the molecule is CC(C)CC(C(=O)NCCNC(=O)Cc1cccc(F)c1)N1C(=O)C2CC=CCC2C1=O. The molecule has 1 aromatic carbocycles. The second-order valence-electron chi connectivity index (χ2n) is 8.80. The first-order valence-corrected chi connectivity index (χ1v) is 11.1. The molecule has 1 fully saturated rings. The van der Waals surface area contributed by atoms with Crippen LogP contribution in [0.4, 0.5) is 4.39 Å². The molecule has 0 aromatic heterocycles. The first-order chi connectivity index (χ1) is 15.3. The zero-order valence-corrected chi connectivity index (χ0v) is 18.5. The Morgan fingerprint density at radius 2 is 1.69 bits per heavy atom. The van der Waals surface area contributed by atoms with Gasteiger partial charge in [0.15, 0.2) is 0 Å². The van der Waals surface area contributed by atoms with Crippen LogP contribution in [0.15, 0.2) is 36.4 Å². The Bertz CT molecular complexity index is 888. The van der Waals surface area contributed by atoms with E-state index in [9.17, 15) is 23.6 Å². The molecule has 4 amide bonds. The number of amides is 4. The molecule has 1 saturated heterocycles. The predicted octanol–water partition coefficient (Wildman–Crippen LogP) is 1.97. The second kappa shape index (κ2) is 10.5. The summed E-state index contributed by atoms with van der Waals surface area (Å²) in [5.74, 6) is -2.27. The number of halogens is 1. The van der Waals surface area contributed by atoms with Crippen LogP contribution >= 0.6 is 0 Å². The fourth-order valence-electron chi connectivity index (χ4n) is 4.31. The van der Waals surface area contributed by atoms with E-state index in [2.05, 4.69) is 10.6 Å². The van der Waals surface area contributed by atoms with Gasteiger partial charge >= 0.3 is 0 Å². The smallest absolute Gasteiger partial charge is 0.243 e. The lowest BCUT2D eigenvalue weighted by atomic mass is 9.85. The quantitative estimate of drug-likeness (QED) is 0.347. The Labute approximate surface area is 187 Å². The molecule has 3 unspecified atom stereocenters. The third-order valence-electron chi connectivity index (χ3n) is 5.85. The molecule has 1 aliphatic heterocycles. The van der Waals surface area contributed by atoms with Gasteiger partial charge in [0, 0.05) is 13.1 Å². The van der Waals surface area contributed by atoms with Crippen LogP contribution < -0.4 is 10.6 Å². The van der Waals surface area contributed by atoms with Gasteiger partial charge in [0.25, 0.3) is 0 Å². The molecule has 0 spiro atoms. The number of rotatable bonds is 9. The van der Waals surface area contributed by atoms with Crippen LogP contribution in [0.2, 0.25) is 0 Å². The zero-order chi connectivity index (χ0) is 23.3. The van der Waals surface area contributed by atoms with E-state index in [1.807, 2.05) is 26.0 Å². The van der Waals surface area contributed by atoms with Crippen LogP contribution in [0.5, 0.6) is 0 Å². The van der Waals surface area contributed by atoms with Gasteiger partial charge in [-0.15, -0.1) is 0 Å². The lowest BCUT2D eigenvalue weighted by Gasteiger charge is -2.27. The van der Waals surface area contributed by atoms with E-state index in [0.717, 1.165) is 0 Å². The average molecular weight is 444 g/mol. The van der Waals surface area contributed by atoms with Gasteiger partial charge in [0.1, 0.15) is 11.9 Å². The minimum Gasteiger partial charge on any atom is -0.354 e. The Balaban J connectivity index is 1.53. The third kappa shape index (κ3) is 5.60. The van der Waals surface area contributed by atoms with E-state index in [0.29, 0.717) is 24.8 Å². The Morgan fingerprint density at radius 1 is 1.06 bits per heavy atom. The number of carbonyl (C=O) groups is 4. The van der Waals surface area contributed by atoms with Gasteiger partial charge in [-0.25, -0.2) is 4.39 Å². The van der Waals surface area contributed by atoms with E-state index >= 15 is 0 Å². The van der Waals surface area contributed by atoms with Crippen molar-refractivity contribution in [3.8, 4) is 0 Å². The molecular formula is C24H30FN3O4. The number of benzene rings is 1. The molecule has 1 heterocycles. The summed E-state index contributed by atoms with van der Waals surface area (Å²) in [7, 11) is 0. The summed E-state index contributed by atoms with van der Waals surface area (Å²) in [6.45, 7) is 4.22. The van der Waals surface area contributed by atoms with Gasteiger partial charge in [-0.2, -0.15) is 0 Å². The summed E-state index contributed by atoms with van der Waals surface area (Å²) in [5, 5.41) is 5.42. The molecule has 32 heavy (non-hydrogen) atoms. The molecule has 0 radical (unpaired) electrons. The monoisotopic (exact) mass is 443 g/mol. The molecular weight excluding hydrogens is 413 g/mol. The minimum absolute atomic E-state index is 0.0370. The normalized spacial score (nSPS) is 20.9. The number of imide groups is 1. The van der Waals surface area contributed by atoms with Gasteiger partial charge in [0.2, 0.25) is 23.6 Å². The third-order valence-corrected chi connectivity index (χ3v) is 5.85. The highest BCUT2D eigenvalue weighted by atomic mass is 19.1. The number of nitrogens with zero attached hydrogens (tertiary/aromatic N) is 1. The Kier molecular flexibility index (Phi) is 7.77. The number of hydrogen-bond acceptors (Lipinski definition) is 4. The maximum Gasteiger partial charge on any atom is 0.243 e. The van der Waals surface area contributed by atoms with E-state index in [4.69, 9.17) is 0 Å². The first kappa shape index (κ1) is 23.6. The van der Waals surface area contributed by atoms with Crippen LogP contribution in [0.3, 0.4) is 0 Å². The molecule has 2 N–H and O–H groups in total. The maximum absolute atomic E-state index is 13.2. The lowest BCUT2D eigenvalue weighted by molar-refractivity contribution is -0.148. The number of hydrogen-bond donors (Lipinski definition) is 2. The van der Waals surface area contributed by atoms with Crippen molar-refractivity contribution in [3.05, 3.63) is 47.8 Å². The number of carbonyl (C=O) groups excluding carboxylic acids is 4. The van der Waals surface area contributed by atoms with Gasteiger partial charge in [0.05, 0.1) is 18.3 Å². The topological polar surface area (TPSA) is 95.6 Å². The van der Waals surface area contributed by atoms with E-state index < -0.39 is 17.8 Å². The van der Waals surface area contributed by atoms with Crippen LogP contribution in [0.25, 0.3) is 0 Å². The summed E-state index contributed by atoms with van der Waals surface area (Å²) >= 11 is 0. The molecule has 2 aliphatic rings. The fraction of sp³-hybridized carbons (Fsp3) is 0.500. The minimum atomic E-state index is -0.858. The second-order valence-corrected chi connectivity index (χ2v) is 8.80. The molecule has 0 saturated carbocycles. The van der Waals surface area contributed by atoms with Crippen molar-refractivity contribution in [2.75, 3.05) is 13.1 Å². The van der Waals surface area contributed by atoms with Crippen LogP contribution in [0, 0.1) is 23.6 Å². The van der Waals surface area contributed by atoms with E-state index in [-0.39, 0.29) is 55.0 Å². The highest BCUT2D eigenvalue weighted by Crippen LogP contribution is 2.37. The summed E-state index contributed by atoms with van der Waals surface area (Å²) < 4.78 is 13.2. The molecule has 1 aliphatic carbocycles. The maximum atomic E-state index is 13.2. The lowest BCUT2D eigenvalue weighted by Crippen LogP contribution is -2.51. The predicted molar refractivity (Wildman–Crippen MR) is 117 cm³/mol. The van der Waals surface area contributed by atoms with E-state index in [1.165, 1.54) is 17.0 Å². The summed E-state index contributed by atoms with van der Waals surface area (Å²) in [4.78, 5) is 51.9. The highest BCUT2D eigenvalue weighted by Gasteiger charge is 2.51. The van der Waals surface area contributed by atoms with Gasteiger partial charge in [-0.1, -0.05) is 38.1 Å². The highest BCUT2D eigenvalue weighted by molar-refractivity contribution is 6.08. The van der Waals surface area contributed by atoms with Crippen molar-refractivity contribution in [1.29, 1.82) is 0 Å². The summed E-state index contributed by atoms with van der Waals surface area (Å²) in [6, 6.07) is 4.96. The molecule has 1 aromatic rings. The van der Waals surface area contributed by atoms with Crippen LogP contribution in [-0.4, -0.2) is 47.7 Å². The summed E-state index contributed by atoms with van der Waals surface area (Å²) in [6.07, 6.45) is 5.30. The van der Waals surface area contributed by atoms with Crippen LogP contribution in [0.1, 0.15) is 38.7 Å². The van der Waals surface area contributed by atoms with Crippen LogP contribution in [-0.2, 0) is 25.6 Å². The van der Waals surface area contributed by atoms with Crippen molar-refractivity contribution < 1.29 is 23.6 Å². The molecule has 7 nitrogen and oxygen atoms in total. The Morgan fingerprint density at radius 3 is 2.28 bits per heavy atom. The summed E-state index contributed by atoms with van der Waals surface area (Å²) in [5.41, 5.74) is 0.561.